The van der Waals surface area contributed by atoms with Crippen molar-refractivity contribution in [3.05, 3.63) is 61.4 Å². The number of hydrogen-bond donors (Lipinski definition) is 1. The number of nitrogens with zero attached hydrogens (tertiary/aromatic N) is 1. The lowest BCUT2D eigenvalue weighted by Gasteiger charge is -2.02. The van der Waals surface area contributed by atoms with Gasteiger partial charge in [-0.15, -0.1) is 0 Å². The van der Waals surface area contributed by atoms with Crippen molar-refractivity contribution in [1.29, 1.82) is 0 Å². The van der Waals surface area contributed by atoms with Gasteiger partial charge in [-0.05, 0) is 17.5 Å². The molecule has 0 atom stereocenters. The first-order chi connectivity index (χ1) is 9.15. The number of benzene rings is 1. The van der Waals surface area contributed by atoms with E-state index in [-0.39, 0.29) is 11.1 Å². The molecule has 0 spiro atoms. The summed E-state index contributed by atoms with van der Waals surface area (Å²) in [7, 11) is 0. The summed E-state index contributed by atoms with van der Waals surface area (Å²) in [5.41, 5.74) is 1.94. The Labute approximate surface area is 111 Å². The third kappa shape index (κ3) is 2.02. The summed E-state index contributed by atoms with van der Waals surface area (Å²) >= 11 is 1.54. The molecule has 6 heteroatoms. The maximum atomic E-state index is 12.0. The second kappa shape index (κ2) is 4.33. The van der Waals surface area contributed by atoms with E-state index in [4.69, 9.17) is 0 Å². The molecule has 0 aliphatic heterocycles. The van der Waals surface area contributed by atoms with Crippen molar-refractivity contribution in [1.82, 2.24) is 4.98 Å². The Morgan fingerprint density at radius 3 is 2.74 bits per heavy atom. The van der Waals surface area contributed by atoms with Gasteiger partial charge in [-0.2, -0.15) is 11.3 Å². The van der Waals surface area contributed by atoms with E-state index >= 15 is 0 Å². The van der Waals surface area contributed by atoms with Crippen LogP contribution in [0.4, 0.5) is 5.69 Å². The molecule has 0 saturated carbocycles. The first-order valence-electron chi connectivity index (χ1n) is 5.49. The summed E-state index contributed by atoms with van der Waals surface area (Å²) in [5.74, 6) is 0. The number of nitro groups is 1. The van der Waals surface area contributed by atoms with Crippen LogP contribution in [-0.2, 0) is 0 Å². The predicted molar refractivity (Wildman–Crippen MR) is 74.5 cm³/mol. The van der Waals surface area contributed by atoms with Crippen LogP contribution in [0.1, 0.15) is 0 Å². The number of nitro benzene ring substituents is 1. The van der Waals surface area contributed by atoms with Gasteiger partial charge in [0.2, 0.25) is 0 Å². The highest BCUT2D eigenvalue weighted by atomic mass is 32.1. The van der Waals surface area contributed by atoms with E-state index in [1.807, 2.05) is 16.8 Å². The van der Waals surface area contributed by atoms with Crippen molar-refractivity contribution >= 4 is 27.9 Å². The van der Waals surface area contributed by atoms with Crippen LogP contribution in [0, 0.1) is 10.1 Å². The summed E-state index contributed by atoms with van der Waals surface area (Å²) in [4.78, 5) is 25.3. The van der Waals surface area contributed by atoms with E-state index in [2.05, 4.69) is 4.98 Å². The molecule has 1 aromatic carbocycles. The number of non-ortho nitro benzene ring substituents is 1. The van der Waals surface area contributed by atoms with Crippen LogP contribution in [0.5, 0.6) is 0 Å². The van der Waals surface area contributed by atoms with Crippen molar-refractivity contribution in [2.45, 2.75) is 0 Å². The molecule has 0 saturated heterocycles. The third-order valence-corrected chi connectivity index (χ3v) is 3.54. The number of fused-ring (bicyclic) bond motifs is 1. The summed E-state index contributed by atoms with van der Waals surface area (Å²) < 4.78 is 0. The number of rotatable bonds is 2. The molecule has 94 valence electrons. The molecule has 0 aliphatic carbocycles. The van der Waals surface area contributed by atoms with Gasteiger partial charge in [-0.3, -0.25) is 14.9 Å². The monoisotopic (exact) mass is 272 g/mol. The SMILES string of the molecule is O=c1cc(-c2ccsc2)[nH]c2ccc([N+](=O)[O-])cc12. The molecular weight excluding hydrogens is 264 g/mol. The molecule has 19 heavy (non-hydrogen) atoms. The Balaban J connectivity index is 2.26. The van der Waals surface area contributed by atoms with Gasteiger partial charge in [0.25, 0.3) is 5.69 Å². The fourth-order valence-corrected chi connectivity index (χ4v) is 2.58. The number of nitrogens with one attached hydrogen (secondary N) is 1. The molecule has 0 aliphatic rings. The van der Waals surface area contributed by atoms with Crippen LogP contribution in [-0.4, -0.2) is 9.91 Å². The van der Waals surface area contributed by atoms with Gasteiger partial charge in [0.15, 0.2) is 5.43 Å². The van der Waals surface area contributed by atoms with Crippen molar-refractivity contribution in [2.24, 2.45) is 0 Å². The lowest BCUT2D eigenvalue weighted by Crippen LogP contribution is -2.03. The zero-order chi connectivity index (χ0) is 13.4. The highest BCUT2D eigenvalue weighted by molar-refractivity contribution is 7.08. The van der Waals surface area contributed by atoms with E-state index < -0.39 is 4.92 Å². The van der Waals surface area contributed by atoms with E-state index in [0.29, 0.717) is 16.6 Å². The Morgan fingerprint density at radius 1 is 1.21 bits per heavy atom. The third-order valence-electron chi connectivity index (χ3n) is 2.86. The second-order valence-electron chi connectivity index (χ2n) is 4.05. The Hall–Kier alpha value is -2.47. The van der Waals surface area contributed by atoms with Crippen LogP contribution in [0.2, 0.25) is 0 Å². The number of H-pyrrole nitrogens is 1. The van der Waals surface area contributed by atoms with E-state index in [9.17, 15) is 14.9 Å². The number of hydrogen-bond acceptors (Lipinski definition) is 4. The Bertz CT molecular complexity index is 822. The minimum atomic E-state index is -0.508. The fraction of sp³-hybridized carbons (Fsp3) is 0. The van der Waals surface area contributed by atoms with Crippen molar-refractivity contribution < 1.29 is 4.92 Å². The van der Waals surface area contributed by atoms with Crippen LogP contribution >= 0.6 is 11.3 Å². The molecular formula is C13H8N2O3S. The summed E-state index contributed by atoms with van der Waals surface area (Å²) in [6.07, 6.45) is 0. The van der Waals surface area contributed by atoms with Gasteiger partial charge in [0.1, 0.15) is 0 Å². The average Bonchev–Trinajstić information content (AvgIpc) is 2.92. The topological polar surface area (TPSA) is 76.0 Å². The minimum Gasteiger partial charge on any atom is -0.354 e. The quantitative estimate of drug-likeness (QED) is 0.575. The van der Waals surface area contributed by atoms with Gasteiger partial charge < -0.3 is 4.98 Å². The first-order valence-corrected chi connectivity index (χ1v) is 6.43. The lowest BCUT2D eigenvalue weighted by atomic mass is 10.1. The number of pyridine rings is 1. The van der Waals surface area contributed by atoms with Crippen LogP contribution < -0.4 is 5.43 Å². The molecule has 0 bridgehead atoms. The molecule has 0 unspecified atom stereocenters. The number of aromatic nitrogens is 1. The maximum Gasteiger partial charge on any atom is 0.270 e. The van der Waals surface area contributed by atoms with Crippen LogP contribution in [0.3, 0.4) is 0 Å². The normalized spacial score (nSPS) is 10.7. The smallest absolute Gasteiger partial charge is 0.270 e. The largest absolute Gasteiger partial charge is 0.354 e. The molecule has 5 nitrogen and oxygen atoms in total. The van der Waals surface area contributed by atoms with E-state index in [0.717, 1.165) is 5.56 Å². The molecule has 2 aromatic heterocycles. The molecule has 3 rings (SSSR count). The van der Waals surface area contributed by atoms with Crippen molar-refractivity contribution in [2.75, 3.05) is 0 Å². The molecule has 3 aromatic rings. The molecule has 0 fully saturated rings. The lowest BCUT2D eigenvalue weighted by molar-refractivity contribution is -0.384. The zero-order valence-corrected chi connectivity index (χ0v) is 10.4. The maximum absolute atomic E-state index is 12.0. The minimum absolute atomic E-state index is 0.0821. The van der Waals surface area contributed by atoms with E-state index in [1.54, 1.807) is 17.4 Å². The molecule has 0 amide bonds. The average molecular weight is 272 g/mol. The van der Waals surface area contributed by atoms with E-state index in [1.165, 1.54) is 18.2 Å². The van der Waals surface area contributed by atoms with Crippen molar-refractivity contribution in [3.8, 4) is 11.3 Å². The Morgan fingerprint density at radius 2 is 2.05 bits per heavy atom. The van der Waals surface area contributed by atoms with Crippen molar-refractivity contribution in [3.63, 3.8) is 0 Å². The molecule has 1 N–H and O–H groups in total. The number of thiophene rings is 1. The van der Waals surface area contributed by atoms with Gasteiger partial charge in [0.05, 0.1) is 21.5 Å². The fourth-order valence-electron chi connectivity index (χ4n) is 1.92. The zero-order valence-electron chi connectivity index (χ0n) is 9.62. The summed E-state index contributed by atoms with van der Waals surface area (Å²) in [5, 5.41) is 14.9. The summed E-state index contributed by atoms with van der Waals surface area (Å²) in [6, 6.07) is 7.62. The first kappa shape index (κ1) is 11.6. The predicted octanol–water partition coefficient (Wildman–Crippen LogP) is 3.16. The highest BCUT2D eigenvalue weighted by Gasteiger charge is 2.10. The second-order valence-corrected chi connectivity index (χ2v) is 4.83. The highest BCUT2D eigenvalue weighted by Crippen LogP contribution is 2.22. The summed E-state index contributed by atoms with van der Waals surface area (Å²) in [6.45, 7) is 0. The van der Waals surface area contributed by atoms with Gasteiger partial charge >= 0.3 is 0 Å². The Kier molecular flexibility index (Phi) is 2.64. The molecule has 2 heterocycles. The van der Waals surface area contributed by atoms with Gasteiger partial charge in [-0.25, -0.2) is 0 Å². The standard InChI is InChI=1S/C13H8N2O3S/c16-13-6-12(8-3-4-19-7-8)14-11-2-1-9(15(17)18)5-10(11)13/h1-7H,(H,14,16). The van der Waals surface area contributed by atoms with Crippen LogP contribution in [0.25, 0.3) is 22.2 Å². The van der Waals surface area contributed by atoms with Crippen LogP contribution in [0.15, 0.2) is 45.9 Å². The van der Waals surface area contributed by atoms with Gasteiger partial charge in [-0.1, -0.05) is 0 Å². The molecule has 0 radical (unpaired) electrons. The number of aromatic amines is 1. The van der Waals surface area contributed by atoms with Gasteiger partial charge in [0, 0.05) is 29.1 Å².